The van der Waals surface area contributed by atoms with Gasteiger partial charge in [-0.05, 0) is 44.0 Å². The zero-order chi connectivity index (χ0) is 13.0. The van der Waals surface area contributed by atoms with Gasteiger partial charge in [0, 0.05) is 12.6 Å². The summed E-state index contributed by atoms with van der Waals surface area (Å²) in [5, 5.41) is 6.31. The molecule has 0 spiro atoms. The van der Waals surface area contributed by atoms with Crippen molar-refractivity contribution in [1.29, 1.82) is 0 Å². The molecule has 18 heavy (non-hydrogen) atoms. The second-order valence-corrected chi connectivity index (χ2v) is 4.87. The molecule has 0 bridgehead atoms. The first-order valence-electron chi connectivity index (χ1n) is 6.13. The summed E-state index contributed by atoms with van der Waals surface area (Å²) < 4.78 is 12.8. The first kappa shape index (κ1) is 13.3. The molecule has 1 saturated heterocycles. The van der Waals surface area contributed by atoms with Crippen LogP contribution in [0.4, 0.5) is 4.39 Å². The van der Waals surface area contributed by atoms with Crippen molar-refractivity contribution in [3.63, 3.8) is 0 Å². The van der Waals surface area contributed by atoms with Crippen LogP contribution >= 0.6 is 11.6 Å². The van der Waals surface area contributed by atoms with Gasteiger partial charge in [-0.1, -0.05) is 11.6 Å². The lowest BCUT2D eigenvalue weighted by Gasteiger charge is -2.11. The molecule has 2 rings (SSSR count). The molecule has 0 unspecified atom stereocenters. The van der Waals surface area contributed by atoms with Gasteiger partial charge in [0.15, 0.2) is 0 Å². The lowest BCUT2D eigenvalue weighted by Crippen LogP contribution is -2.30. The summed E-state index contributed by atoms with van der Waals surface area (Å²) in [6.07, 6.45) is 3.26. The average Bonchev–Trinajstić information content (AvgIpc) is 2.81. The highest BCUT2D eigenvalue weighted by Gasteiger charge is 2.15. The molecule has 5 heteroatoms. The Kier molecular flexibility index (Phi) is 4.55. The summed E-state index contributed by atoms with van der Waals surface area (Å²) in [6, 6.07) is 4.28. The molecule has 1 heterocycles. The van der Waals surface area contributed by atoms with Crippen molar-refractivity contribution < 1.29 is 9.18 Å². The maximum Gasteiger partial charge on any atom is 0.252 e. The number of hydrogen-bond acceptors (Lipinski definition) is 2. The monoisotopic (exact) mass is 270 g/mol. The van der Waals surface area contributed by atoms with Crippen LogP contribution < -0.4 is 10.6 Å². The van der Waals surface area contributed by atoms with E-state index >= 15 is 0 Å². The van der Waals surface area contributed by atoms with Crippen molar-refractivity contribution in [3.8, 4) is 0 Å². The van der Waals surface area contributed by atoms with E-state index in [1.54, 1.807) is 0 Å². The van der Waals surface area contributed by atoms with Crippen LogP contribution in [-0.2, 0) is 0 Å². The molecule has 0 saturated carbocycles. The molecule has 3 nitrogen and oxygen atoms in total. The number of hydrogen-bond donors (Lipinski definition) is 2. The molecule has 0 aromatic heterocycles. The van der Waals surface area contributed by atoms with E-state index < -0.39 is 5.82 Å². The van der Waals surface area contributed by atoms with Gasteiger partial charge >= 0.3 is 0 Å². The van der Waals surface area contributed by atoms with E-state index in [4.69, 9.17) is 11.6 Å². The van der Waals surface area contributed by atoms with Gasteiger partial charge in [-0.15, -0.1) is 0 Å². The maximum absolute atomic E-state index is 12.8. The van der Waals surface area contributed by atoms with Gasteiger partial charge in [0.1, 0.15) is 5.82 Å². The summed E-state index contributed by atoms with van der Waals surface area (Å²) in [5.74, 6) is -0.690. The van der Waals surface area contributed by atoms with Gasteiger partial charge in [-0.3, -0.25) is 4.79 Å². The van der Waals surface area contributed by atoms with Gasteiger partial charge < -0.3 is 10.6 Å². The van der Waals surface area contributed by atoms with Gasteiger partial charge in [-0.25, -0.2) is 4.39 Å². The molecule has 1 aliphatic rings. The maximum atomic E-state index is 12.8. The second-order valence-electron chi connectivity index (χ2n) is 4.46. The number of benzene rings is 1. The molecule has 0 radical (unpaired) electrons. The third-order valence-electron chi connectivity index (χ3n) is 3.12. The Morgan fingerprint density at radius 3 is 3.06 bits per heavy atom. The van der Waals surface area contributed by atoms with Crippen molar-refractivity contribution in [3.05, 3.63) is 34.6 Å². The molecule has 2 N–H and O–H groups in total. The van der Waals surface area contributed by atoms with E-state index in [0.717, 1.165) is 25.5 Å². The first-order valence-corrected chi connectivity index (χ1v) is 6.51. The highest BCUT2D eigenvalue weighted by atomic mass is 35.5. The SMILES string of the molecule is O=C(NCC[C@@H]1CCCN1)c1ccc(F)cc1Cl. The normalized spacial score (nSPS) is 18.9. The minimum atomic E-state index is -0.438. The Balaban J connectivity index is 1.83. The van der Waals surface area contributed by atoms with Crippen LogP contribution in [0.5, 0.6) is 0 Å². The summed E-state index contributed by atoms with van der Waals surface area (Å²) in [4.78, 5) is 11.8. The van der Waals surface area contributed by atoms with Crippen molar-refractivity contribution in [2.24, 2.45) is 0 Å². The molecule has 1 aromatic carbocycles. The summed E-state index contributed by atoms with van der Waals surface area (Å²) >= 11 is 5.82. The summed E-state index contributed by atoms with van der Waals surface area (Å²) in [6.45, 7) is 1.66. The van der Waals surface area contributed by atoms with E-state index in [-0.39, 0.29) is 10.9 Å². The van der Waals surface area contributed by atoms with Gasteiger partial charge in [-0.2, -0.15) is 0 Å². The summed E-state index contributed by atoms with van der Waals surface area (Å²) in [7, 11) is 0. The van der Waals surface area contributed by atoms with Crippen LogP contribution in [0.15, 0.2) is 18.2 Å². The van der Waals surface area contributed by atoms with Crippen molar-refractivity contribution in [2.45, 2.75) is 25.3 Å². The van der Waals surface area contributed by atoms with Crippen LogP contribution in [0.3, 0.4) is 0 Å². The molecule has 1 fully saturated rings. The van der Waals surface area contributed by atoms with E-state index in [1.807, 2.05) is 0 Å². The lowest BCUT2D eigenvalue weighted by molar-refractivity contribution is 0.0952. The Hall–Kier alpha value is -1.13. The van der Waals surface area contributed by atoms with E-state index in [2.05, 4.69) is 10.6 Å². The average molecular weight is 271 g/mol. The minimum absolute atomic E-state index is 0.145. The predicted octanol–water partition coefficient (Wildman–Crippen LogP) is 2.35. The van der Waals surface area contributed by atoms with Crippen LogP contribution in [0.1, 0.15) is 29.6 Å². The zero-order valence-corrected chi connectivity index (χ0v) is 10.8. The summed E-state index contributed by atoms with van der Waals surface area (Å²) in [5.41, 5.74) is 0.317. The molecule has 1 atom stereocenters. The minimum Gasteiger partial charge on any atom is -0.352 e. The number of rotatable bonds is 4. The predicted molar refractivity (Wildman–Crippen MR) is 69.4 cm³/mol. The molecular formula is C13H16ClFN2O. The highest BCUT2D eigenvalue weighted by molar-refractivity contribution is 6.33. The lowest BCUT2D eigenvalue weighted by atomic mass is 10.1. The standard InChI is InChI=1S/C13H16ClFN2O/c14-12-8-9(15)3-4-11(12)13(18)17-7-5-10-2-1-6-16-10/h3-4,8,10,16H,1-2,5-7H2,(H,17,18)/t10-/m0/s1. The fourth-order valence-corrected chi connectivity index (χ4v) is 2.38. The molecule has 0 aliphatic carbocycles. The van der Waals surface area contributed by atoms with Crippen molar-refractivity contribution >= 4 is 17.5 Å². The van der Waals surface area contributed by atoms with E-state index in [1.165, 1.54) is 18.6 Å². The highest BCUT2D eigenvalue weighted by Crippen LogP contribution is 2.17. The Morgan fingerprint density at radius 2 is 2.39 bits per heavy atom. The van der Waals surface area contributed by atoms with Crippen LogP contribution in [0.2, 0.25) is 5.02 Å². The molecule has 98 valence electrons. The van der Waals surface area contributed by atoms with Gasteiger partial charge in [0.25, 0.3) is 5.91 Å². The number of carbonyl (C=O) groups excluding carboxylic acids is 1. The Bertz CT molecular complexity index is 433. The third kappa shape index (κ3) is 3.43. The largest absolute Gasteiger partial charge is 0.352 e. The third-order valence-corrected chi connectivity index (χ3v) is 3.43. The molecule has 1 aromatic rings. The molecular weight excluding hydrogens is 255 g/mol. The van der Waals surface area contributed by atoms with E-state index in [0.29, 0.717) is 18.2 Å². The number of amides is 1. The van der Waals surface area contributed by atoms with Gasteiger partial charge in [0.05, 0.1) is 10.6 Å². The topological polar surface area (TPSA) is 41.1 Å². The number of nitrogens with one attached hydrogen (secondary N) is 2. The van der Waals surface area contributed by atoms with Crippen molar-refractivity contribution in [1.82, 2.24) is 10.6 Å². The molecule has 1 aliphatic heterocycles. The fraction of sp³-hybridized carbons (Fsp3) is 0.462. The second kappa shape index (κ2) is 6.16. The quantitative estimate of drug-likeness (QED) is 0.882. The Labute approximate surface area is 111 Å². The van der Waals surface area contributed by atoms with Crippen LogP contribution in [0, 0.1) is 5.82 Å². The van der Waals surface area contributed by atoms with E-state index in [9.17, 15) is 9.18 Å². The number of halogens is 2. The van der Waals surface area contributed by atoms with Crippen LogP contribution in [-0.4, -0.2) is 25.0 Å². The fourth-order valence-electron chi connectivity index (χ4n) is 2.13. The van der Waals surface area contributed by atoms with Crippen LogP contribution in [0.25, 0.3) is 0 Å². The molecule has 1 amide bonds. The number of carbonyl (C=O) groups is 1. The van der Waals surface area contributed by atoms with Gasteiger partial charge in [0.2, 0.25) is 0 Å². The first-order chi connectivity index (χ1) is 8.66. The smallest absolute Gasteiger partial charge is 0.252 e. The Morgan fingerprint density at radius 1 is 1.56 bits per heavy atom. The zero-order valence-electron chi connectivity index (χ0n) is 10.0. The van der Waals surface area contributed by atoms with Crippen molar-refractivity contribution in [2.75, 3.05) is 13.1 Å².